The van der Waals surface area contributed by atoms with Crippen LogP contribution in [-0.2, 0) is 39.0 Å². The van der Waals surface area contributed by atoms with E-state index in [0.29, 0.717) is 18.5 Å². The molecule has 0 radical (unpaired) electrons. The summed E-state index contributed by atoms with van der Waals surface area (Å²) in [6.45, 7) is 3.56. The maximum Gasteiger partial charge on any atom is 0.264 e. The number of benzene rings is 4. The van der Waals surface area contributed by atoms with Crippen molar-refractivity contribution in [3.8, 4) is 0 Å². The van der Waals surface area contributed by atoms with Gasteiger partial charge in [0.15, 0.2) is 0 Å². The molecule has 4 aromatic rings. The van der Waals surface area contributed by atoms with Crippen molar-refractivity contribution in [2.24, 2.45) is 0 Å². The molecule has 4 aromatic carbocycles. The summed E-state index contributed by atoms with van der Waals surface area (Å²) in [4.78, 5) is 30.6. The van der Waals surface area contributed by atoms with Gasteiger partial charge in [0.05, 0.1) is 10.6 Å². The molecule has 0 unspecified atom stereocenters. The number of para-hydroxylation sites is 1. The van der Waals surface area contributed by atoms with E-state index < -0.39 is 28.5 Å². The van der Waals surface area contributed by atoms with Gasteiger partial charge in [0.1, 0.15) is 12.6 Å². The van der Waals surface area contributed by atoms with E-state index in [9.17, 15) is 18.0 Å². The molecule has 246 valence electrons. The van der Waals surface area contributed by atoms with Crippen LogP contribution < -0.4 is 9.62 Å². The largest absolute Gasteiger partial charge is 0.352 e. The summed E-state index contributed by atoms with van der Waals surface area (Å²) in [5.41, 5.74) is 3.97. The highest BCUT2D eigenvalue weighted by molar-refractivity contribution is 7.92. The smallest absolute Gasteiger partial charge is 0.264 e. The van der Waals surface area contributed by atoms with Gasteiger partial charge in [-0.25, -0.2) is 8.42 Å². The van der Waals surface area contributed by atoms with Gasteiger partial charge in [0, 0.05) is 19.0 Å². The number of hydrogen-bond acceptors (Lipinski definition) is 4. The maximum atomic E-state index is 14.7. The van der Waals surface area contributed by atoms with Crippen LogP contribution in [0.1, 0.15) is 61.3 Å². The molecule has 0 heterocycles. The monoisotopic (exact) mass is 651 g/mol. The third-order valence-electron chi connectivity index (χ3n) is 8.95. The van der Waals surface area contributed by atoms with Crippen molar-refractivity contribution in [1.29, 1.82) is 0 Å². The topological polar surface area (TPSA) is 86.8 Å². The summed E-state index contributed by atoms with van der Waals surface area (Å²) >= 11 is 0. The van der Waals surface area contributed by atoms with Crippen molar-refractivity contribution in [1.82, 2.24) is 10.2 Å². The summed E-state index contributed by atoms with van der Waals surface area (Å²) in [7, 11) is -4.15. The zero-order chi connectivity index (χ0) is 33.2. The Bertz CT molecular complexity index is 1720. The van der Waals surface area contributed by atoms with E-state index in [-0.39, 0.29) is 23.4 Å². The Labute approximate surface area is 279 Å². The van der Waals surface area contributed by atoms with E-state index in [1.807, 2.05) is 86.6 Å². The molecule has 47 heavy (non-hydrogen) atoms. The highest BCUT2D eigenvalue weighted by Gasteiger charge is 2.36. The van der Waals surface area contributed by atoms with Gasteiger partial charge >= 0.3 is 0 Å². The lowest BCUT2D eigenvalue weighted by Gasteiger charge is -2.35. The Morgan fingerprint density at radius 1 is 0.787 bits per heavy atom. The molecule has 1 aliphatic rings. The average Bonchev–Trinajstić information content (AvgIpc) is 3.10. The Balaban J connectivity index is 1.57. The second-order valence-electron chi connectivity index (χ2n) is 12.4. The molecule has 0 aliphatic heterocycles. The van der Waals surface area contributed by atoms with Crippen LogP contribution >= 0.6 is 0 Å². The molecule has 1 fully saturated rings. The molecular weight excluding hydrogens is 607 g/mol. The molecule has 0 bridgehead atoms. The highest BCUT2D eigenvalue weighted by Crippen LogP contribution is 2.29. The average molecular weight is 652 g/mol. The van der Waals surface area contributed by atoms with Gasteiger partial charge in [0.2, 0.25) is 11.8 Å². The minimum absolute atomic E-state index is 0.0537. The molecule has 0 aromatic heterocycles. The Hall–Kier alpha value is -4.43. The zero-order valence-corrected chi connectivity index (χ0v) is 28.2. The van der Waals surface area contributed by atoms with Crippen molar-refractivity contribution in [3.63, 3.8) is 0 Å². The molecule has 7 nitrogen and oxygen atoms in total. The first-order valence-corrected chi connectivity index (χ1v) is 18.0. The van der Waals surface area contributed by atoms with Crippen LogP contribution in [-0.4, -0.2) is 43.8 Å². The molecule has 2 amide bonds. The SMILES string of the molecule is CCc1ccccc1N(CC(=O)N(Cc1ccccc1)[C@@H](Cc1ccccc1)C(=O)NC1CCCCC1)S(=O)(=O)c1ccc(C)cc1. The van der Waals surface area contributed by atoms with Crippen LogP contribution in [0.3, 0.4) is 0 Å². The molecule has 0 spiro atoms. The minimum atomic E-state index is -4.15. The third kappa shape index (κ3) is 8.69. The van der Waals surface area contributed by atoms with Crippen molar-refractivity contribution in [2.75, 3.05) is 10.8 Å². The number of carbonyl (C=O) groups is 2. The van der Waals surface area contributed by atoms with Crippen molar-refractivity contribution in [3.05, 3.63) is 131 Å². The van der Waals surface area contributed by atoms with Crippen molar-refractivity contribution in [2.45, 2.75) is 82.3 Å². The first kappa shape index (κ1) is 33.9. The van der Waals surface area contributed by atoms with E-state index in [2.05, 4.69) is 5.32 Å². The molecule has 5 rings (SSSR count). The lowest BCUT2D eigenvalue weighted by Crippen LogP contribution is -2.55. The molecule has 1 atom stereocenters. The van der Waals surface area contributed by atoms with Crippen molar-refractivity contribution >= 4 is 27.5 Å². The molecule has 1 saturated carbocycles. The van der Waals surface area contributed by atoms with E-state index in [0.717, 1.165) is 54.4 Å². The summed E-state index contributed by atoms with van der Waals surface area (Å²) in [6.07, 6.45) is 5.97. The van der Waals surface area contributed by atoms with E-state index in [4.69, 9.17) is 0 Å². The first-order valence-electron chi connectivity index (χ1n) is 16.6. The number of amides is 2. The van der Waals surface area contributed by atoms with Gasteiger partial charge in [-0.1, -0.05) is 123 Å². The van der Waals surface area contributed by atoms with Gasteiger partial charge in [-0.3, -0.25) is 13.9 Å². The minimum Gasteiger partial charge on any atom is -0.352 e. The fourth-order valence-corrected chi connectivity index (χ4v) is 7.73. The normalized spacial score (nSPS) is 14.3. The van der Waals surface area contributed by atoms with Gasteiger partial charge in [-0.2, -0.15) is 0 Å². The number of aryl methyl sites for hydroxylation is 2. The predicted molar refractivity (Wildman–Crippen MR) is 187 cm³/mol. The number of sulfonamides is 1. The number of nitrogens with zero attached hydrogens (tertiary/aromatic N) is 2. The Morgan fingerprint density at radius 2 is 1.38 bits per heavy atom. The third-order valence-corrected chi connectivity index (χ3v) is 10.7. The van der Waals surface area contributed by atoms with Crippen LogP contribution in [0.15, 0.2) is 114 Å². The lowest BCUT2D eigenvalue weighted by molar-refractivity contribution is -0.140. The molecule has 1 N–H and O–H groups in total. The second kappa shape index (κ2) is 15.9. The number of rotatable bonds is 13. The summed E-state index contributed by atoms with van der Waals surface area (Å²) in [5, 5.41) is 3.26. The highest BCUT2D eigenvalue weighted by atomic mass is 32.2. The van der Waals surface area contributed by atoms with Crippen LogP contribution in [0.5, 0.6) is 0 Å². The Morgan fingerprint density at radius 3 is 2.02 bits per heavy atom. The van der Waals surface area contributed by atoms with Gasteiger partial charge in [0.25, 0.3) is 10.0 Å². The molecule has 0 saturated heterocycles. The van der Waals surface area contributed by atoms with Gasteiger partial charge < -0.3 is 10.2 Å². The van der Waals surface area contributed by atoms with E-state index in [1.165, 1.54) is 4.31 Å². The van der Waals surface area contributed by atoms with Crippen LogP contribution in [0.2, 0.25) is 0 Å². The standard InChI is InChI=1S/C39H45N3O4S/c1-3-33-19-13-14-22-36(33)42(47(45,46)35-25-23-30(2)24-26-35)29-38(43)41(28-32-17-9-5-10-18-32)37(27-31-15-7-4-8-16-31)39(44)40-34-20-11-6-12-21-34/h4-5,7-10,13-19,22-26,34,37H,3,6,11-12,20-21,27-29H2,1-2H3,(H,40,44)/t37-/m0/s1. The summed E-state index contributed by atoms with van der Waals surface area (Å²) < 4.78 is 29.9. The fraction of sp³-hybridized carbons (Fsp3) is 0.333. The number of hydrogen-bond donors (Lipinski definition) is 1. The molecule has 1 aliphatic carbocycles. The predicted octanol–water partition coefficient (Wildman–Crippen LogP) is 6.84. The van der Waals surface area contributed by atoms with E-state index in [1.54, 1.807) is 41.3 Å². The van der Waals surface area contributed by atoms with Crippen LogP contribution in [0.25, 0.3) is 0 Å². The van der Waals surface area contributed by atoms with Crippen molar-refractivity contribution < 1.29 is 18.0 Å². The molecular formula is C39H45N3O4S. The van der Waals surface area contributed by atoms with E-state index >= 15 is 0 Å². The van der Waals surface area contributed by atoms with Crippen LogP contribution in [0, 0.1) is 6.92 Å². The zero-order valence-electron chi connectivity index (χ0n) is 27.3. The molecule has 8 heteroatoms. The summed E-state index contributed by atoms with van der Waals surface area (Å²) in [5.74, 6) is -0.665. The Kier molecular flexibility index (Phi) is 11.5. The number of nitrogens with one attached hydrogen (secondary N) is 1. The van der Waals surface area contributed by atoms with Crippen LogP contribution in [0.4, 0.5) is 5.69 Å². The quantitative estimate of drug-likeness (QED) is 0.172. The summed E-state index contributed by atoms with van der Waals surface area (Å²) in [6, 6.07) is 32.4. The first-order chi connectivity index (χ1) is 22.8. The number of anilines is 1. The second-order valence-corrected chi connectivity index (χ2v) is 14.2. The van der Waals surface area contributed by atoms with Gasteiger partial charge in [-0.15, -0.1) is 0 Å². The lowest BCUT2D eigenvalue weighted by atomic mass is 9.94. The fourth-order valence-electron chi connectivity index (χ4n) is 6.28. The number of carbonyl (C=O) groups excluding carboxylic acids is 2. The van der Waals surface area contributed by atoms with Gasteiger partial charge in [-0.05, 0) is 61.1 Å². The maximum absolute atomic E-state index is 14.7.